The van der Waals surface area contributed by atoms with Gasteiger partial charge in [-0.3, -0.25) is 14.5 Å². The number of nitrogens with one attached hydrogen (secondary N) is 1. The fraction of sp³-hybridized carbons (Fsp3) is 0.550. The topological polar surface area (TPSA) is 62.1 Å². The van der Waals surface area contributed by atoms with Gasteiger partial charge in [-0.1, -0.05) is 51.0 Å². The molecule has 1 saturated carbocycles. The predicted molar refractivity (Wildman–Crippen MR) is 97.3 cm³/mol. The van der Waals surface area contributed by atoms with E-state index in [4.69, 9.17) is 0 Å². The number of urea groups is 1. The van der Waals surface area contributed by atoms with Crippen molar-refractivity contribution < 1.29 is 19.3 Å². The van der Waals surface area contributed by atoms with Crippen molar-refractivity contribution in [3.63, 3.8) is 0 Å². The molecule has 2 fully saturated rings. The van der Waals surface area contributed by atoms with Gasteiger partial charge >= 0.3 is 17.8 Å². The molecule has 1 aromatic rings. The van der Waals surface area contributed by atoms with Crippen molar-refractivity contribution in [1.29, 1.82) is 0 Å². The van der Waals surface area contributed by atoms with Crippen LogP contribution < -0.4 is 4.90 Å². The SMILES string of the molecule is CC(C)c1ccc(C[NH+](C)CN2C(=O)C(=O)N(C3CCCC3)C2=O)cc1. The van der Waals surface area contributed by atoms with Crippen LogP contribution in [0.4, 0.5) is 4.79 Å². The molecular formula is C20H28N3O3+. The van der Waals surface area contributed by atoms with Gasteiger partial charge in [-0.2, -0.15) is 0 Å². The monoisotopic (exact) mass is 358 g/mol. The minimum atomic E-state index is -0.684. The number of benzene rings is 1. The Balaban J connectivity index is 1.63. The third-order valence-electron chi connectivity index (χ3n) is 5.35. The second-order valence-corrected chi connectivity index (χ2v) is 7.82. The summed E-state index contributed by atoms with van der Waals surface area (Å²) in [5, 5.41) is 0. The van der Waals surface area contributed by atoms with Crippen LogP contribution in [0.1, 0.15) is 56.6 Å². The number of amides is 4. The Labute approximate surface area is 154 Å². The number of carbonyl (C=O) groups excluding carboxylic acids is 3. The summed E-state index contributed by atoms with van der Waals surface area (Å²) in [6.45, 7) is 5.21. The van der Waals surface area contributed by atoms with Crippen molar-refractivity contribution in [2.45, 2.75) is 58.0 Å². The van der Waals surface area contributed by atoms with Crippen LogP contribution in [-0.4, -0.2) is 47.4 Å². The van der Waals surface area contributed by atoms with Gasteiger partial charge in [0.25, 0.3) is 0 Å². The molecule has 6 heteroatoms. The zero-order valence-electron chi connectivity index (χ0n) is 15.8. The lowest BCUT2D eigenvalue weighted by atomic mass is 10.0. The van der Waals surface area contributed by atoms with Gasteiger partial charge in [-0.15, -0.1) is 0 Å². The molecule has 4 amide bonds. The minimum Gasteiger partial charge on any atom is -0.316 e. The van der Waals surface area contributed by atoms with Gasteiger partial charge in [0.15, 0.2) is 6.67 Å². The highest BCUT2D eigenvalue weighted by Crippen LogP contribution is 2.27. The molecule has 1 aliphatic carbocycles. The second kappa shape index (κ2) is 7.58. The van der Waals surface area contributed by atoms with Crippen LogP contribution in [0.2, 0.25) is 0 Å². The molecule has 1 saturated heterocycles. The van der Waals surface area contributed by atoms with E-state index in [-0.39, 0.29) is 12.7 Å². The van der Waals surface area contributed by atoms with Crippen LogP contribution >= 0.6 is 0 Å². The summed E-state index contributed by atoms with van der Waals surface area (Å²) < 4.78 is 0. The van der Waals surface area contributed by atoms with Crippen molar-refractivity contribution in [1.82, 2.24) is 9.80 Å². The number of carbonyl (C=O) groups is 3. The van der Waals surface area contributed by atoms with Crippen LogP contribution in [0.25, 0.3) is 0 Å². The predicted octanol–water partition coefficient (Wildman–Crippen LogP) is 1.52. The summed E-state index contributed by atoms with van der Waals surface area (Å²) in [7, 11) is 1.93. The summed E-state index contributed by atoms with van der Waals surface area (Å²) >= 11 is 0. The van der Waals surface area contributed by atoms with Gasteiger partial charge in [-0.05, 0) is 24.3 Å². The molecule has 1 heterocycles. The maximum Gasteiger partial charge on any atom is 0.338 e. The van der Waals surface area contributed by atoms with Gasteiger partial charge in [0.1, 0.15) is 6.54 Å². The first kappa shape index (κ1) is 18.6. The Bertz CT molecular complexity index is 693. The first-order chi connectivity index (χ1) is 12.4. The van der Waals surface area contributed by atoms with Crippen LogP contribution in [0.5, 0.6) is 0 Å². The molecule has 0 aromatic heterocycles. The van der Waals surface area contributed by atoms with Gasteiger partial charge in [0, 0.05) is 11.6 Å². The molecule has 0 bridgehead atoms. The fourth-order valence-electron chi connectivity index (χ4n) is 3.84. The largest absolute Gasteiger partial charge is 0.338 e. The average molecular weight is 358 g/mol. The third kappa shape index (κ3) is 3.65. The van der Waals surface area contributed by atoms with Gasteiger partial charge in [0.2, 0.25) is 0 Å². The number of nitrogens with zero attached hydrogens (tertiary/aromatic N) is 2. The first-order valence-corrected chi connectivity index (χ1v) is 9.47. The molecule has 1 atom stereocenters. The Kier molecular flexibility index (Phi) is 5.41. The average Bonchev–Trinajstić information content (AvgIpc) is 3.19. The molecule has 1 unspecified atom stereocenters. The minimum absolute atomic E-state index is 0.104. The molecule has 140 valence electrons. The number of imide groups is 2. The summed E-state index contributed by atoms with van der Waals surface area (Å²) in [6.07, 6.45) is 3.63. The molecule has 0 radical (unpaired) electrons. The molecule has 26 heavy (non-hydrogen) atoms. The van der Waals surface area contributed by atoms with E-state index < -0.39 is 17.8 Å². The standard InChI is InChI=1S/C20H27N3O3/c1-14(2)16-10-8-15(9-11-16)12-21(3)13-22-18(24)19(25)23(20(22)26)17-6-4-5-7-17/h8-11,14,17H,4-7,12-13H2,1-3H3/p+1. The zero-order valence-corrected chi connectivity index (χ0v) is 15.8. The zero-order chi connectivity index (χ0) is 18.8. The Morgan fingerprint density at radius 2 is 1.65 bits per heavy atom. The normalized spacial score (nSPS) is 19.9. The highest BCUT2D eigenvalue weighted by Gasteiger charge is 2.49. The van der Waals surface area contributed by atoms with E-state index in [1.54, 1.807) is 0 Å². The molecule has 0 spiro atoms. The first-order valence-electron chi connectivity index (χ1n) is 9.47. The smallest absolute Gasteiger partial charge is 0.316 e. The summed E-state index contributed by atoms with van der Waals surface area (Å²) in [5.74, 6) is -0.853. The maximum atomic E-state index is 12.6. The molecular weight excluding hydrogens is 330 g/mol. The van der Waals surface area contributed by atoms with E-state index >= 15 is 0 Å². The quantitative estimate of drug-likeness (QED) is 0.619. The van der Waals surface area contributed by atoms with Crippen molar-refractivity contribution in [2.75, 3.05) is 13.7 Å². The van der Waals surface area contributed by atoms with Crippen molar-refractivity contribution in [2.24, 2.45) is 0 Å². The Hall–Kier alpha value is -2.21. The lowest BCUT2D eigenvalue weighted by Crippen LogP contribution is -3.09. The van der Waals surface area contributed by atoms with E-state index in [1.165, 1.54) is 10.5 Å². The highest BCUT2D eigenvalue weighted by atomic mass is 16.2. The van der Waals surface area contributed by atoms with E-state index in [2.05, 4.69) is 38.1 Å². The van der Waals surface area contributed by atoms with Crippen molar-refractivity contribution in [3.05, 3.63) is 35.4 Å². The van der Waals surface area contributed by atoms with Crippen molar-refractivity contribution >= 4 is 17.8 Å². The van der Waals surface area contributed by atoms with Crippen LogP contribution in [0, 0.1) is 0 Å². The van der Waals surface area contributed by atoms with Gasteiger partial charge < -0.3 is 4.90 Å². The molecule has 1 aliphatic heterocycles. The summed E-state index contributed by atoms with van der Waals surface area (Å²) in [5.41, 5.74) is 2.43. The molecule has 3 rings (SSSR count). The summed E-state index contributed by atoms with van der Waals surface area (Å²) in [6, 6.07) is 7.86. The molecule has 6 nitrogen and oxygen atoms in total. The molecule has 1 aromatic carbocycles. The third-order valence-corrected chi connectivity index (χ3v) is 5.35. The fourth-order valence-corrected chi connectivity index (χ4v) is 3.84. The Morgan fingerprint density at radius 3 is 2.23 bits per heavy atom. The van der Waals surface area contributed by atoms with Crippen LogP contribution in [0.3, 0.4) is 0 Å². The van der Waals surface area contributed by atoms with Crippen LogP contribution in [0.15, 0.2) is 24.3 Å². The Morgan fingerprint density at radius 1 is 1.04 bits per heavy atom. The number of hydrogen-bond donors (Lipinski definition) is 1. The number of rotatable bonds is 6. The lowest BCUT2D eigenvalue weighted by molar-refractivity contribution is -0.901. The van der Waals surface area contributed by atoms with E-state index in [0.717, 1.165) is 41.0 Å². The van der Waals surface area contributed by atoms with Gasteiger partial charge in [-0.25, -0.2) is 9.69 Å². The van der Waals surface area contributed by atoms with E-state index in [1.807, 2.05) is 7.05 Å². The molecule has 2 aliphatic rings. The maximum absolute atomic E-state index is 12.6. The number of quaternary nitrogens is 1. The van der Waals surface area contributed by atoms with Crippen LogP contribution in [-0.2, 0) is 16.1 Å². The second-order valence-electron chi connectivity index (χ2n) is 7.82. The summed E-state index contributed by atoms with van der Waals surface area (Å²) in [4.78, 5) is 40.5. The van der Waals surface area contributed by atoms with Crippen molar-refractivity contribution in [3.8, 4) is 0 Å². The van der Waals surface area contributed by atoms with E-state index in [0.29, 0.717) is 12.5 Å². The van der Waals surface area contributed by atoms with E-state index in [9.17, 15) is 14.4 Å². The lowest BCUT2D eigenvalue weighted by Gasteiger charge is -2.22. The highest BCUT2D eigenvalue weighted by molar-refractivity contribution is 6.44. The van der Waals surface area contributed by atoms with Gasteiger partial charge in [0.05, 0.1) is 7.05 Å². The number of hydrogen-bond acceptors (Lipinski definition) is 3. The molecule has 1 N–H and O–H groups in total.